The van der Waals surface area contributed by atoms with Crippen LogP contribution in [0, 0.1) is 0 Å². The molecule has 0 bridgehead atoms. The highest BCUT2D eigenvalue weighted by Crippen LogP contribution is 2.08. The van der Waals surface area contributed by atoms with Crippen molar-refractivity contribution in [3.63, 3.8) is 0 Å². The van der Waals surface area contributed by atoms with E-state index < -0.39 is 0 Å². The Labute approximate surface area is 66.6 Å². The maximum atomic E-state index is 10.5. The molecule has 0 amide bonds. The van der Waals surface area contributed by atoms with Gasteiger partial charge >= 0.3 is 5.97 Å². The average molecular weight is 155 g/mol. The first-order chi connectivity index (χ1) is 5.18. The number of carbonyl (C=O) groups is 1. The predicted octanol–water partition coefficient (Wildman–Crippen LogP) is 0.769. The third-order valence-corrected chi connectivity index (χ3v) is 1.58. The van der Waals surface area contributed by atoms with Gasteiger partial charge in [0.15, 0.2) is 0 Å². The molecule has 0 fully saturated rings. The van der Waals surface area contributed by atoms with Gasteiger partial charge in [-0.1, -0.05) is 0 Å². The Balaban J connectivity index is 2.44. The van der Waals surface area contributed by atoms with Gasteiger partial charge in [0.05, 0.1) is 6.54 Å². The molecule has 0 radical (unpaired) electrons. The summed E-state index contributed by atoms with van der Waals surface area (Å²) in [6.07, 6.45) is 2.94. The minimum absolute atomic E-state index is 0.230. The summed E-state index contributed by atoms with van der Waals surface area (Å²) in [6, 6.07) is 0. The number of rotatable bonds is 1. The summed E-state index contributed by atoms with van der Waals surface area (Å²) in [5, 5.41) is 0. The molecule has 0 unspecified atom stereocenters. The van der Waals surface area contributed by atoms with Crippen LogP contribution in [0.15, 0.2) is 11.8 Å². The molecule has 0 spiro atoms. The van der Waals surface area contributed by atoms with Crippen LogP contribution in [-0.2, 0) is 9.53 Å². The molecule has 1 rings (SSSR count). The molecule has 0 aromatic rings. The lowest BCUT2D eigenvalue weighted by Crippen LogP contribution is -2.27. The summed E-state index contributed by atoms with van der Waals surface area (Å²) in [5.41, 5.74) is 0. The van der Waals surface area contributed by atoms with Crippen molar-refractivity contribution in [2.24, 2.45) is 0 Å². The minimum atomic E-state index is -0.230. The zero-order chi connectivity index (χ0) is 8.27. The number of carbonyl (C=O) groups excluding carboxylic acids is 1. The lowest BCUT2D eigenvalue weighted by atomic mass is 10.2. The molecule has 11 heavy (non-hydrogen) atoms. The number of nitrogens with zero attached hydrogens (tertiary/aromatic N) is 1. The van der Waals surface area contributed by atoms with Crippen LogP contribution in [0.5, 0.6) is 0 Å². The van der Waals surface area contributed by atoms with Gasteiger partial charge in [0.2, 0.25) is 0 Å². The van der Waals surface area contributed by atoms with Gasteiger partial charge in [-0.3, -0.25) is 9.69 Å². The van der Waals surface area contributed by atoms with Crippen molar-refractivity contribution >= 4 is 5.97 Å². The Morgan fingerprint density at radius 1 is 1.73 bits per heavy atom. The number of ether oxygens (including phenoxy) is 1. The van der Waals surface area contributed by atoms with Crippen LogP contribution in [0.2, 0.25) is 0 Å². The van der Waals surface area contributed by atoms with Crippen molar-refractivity contribution in [3.8, 4) is 0 Å². The van der Waals surface area contributed by atoms with E-state index in [1.54, 1.807) is 0 Å². The molecule has 1 heterocycles. The second-order valence-corrected chi connectivity index (χ2v) is 2.79. The van der Waals surface area contributed by atoms with Crippen molar-refractivity contribution in [1.82, 2.24) is 4.90 Å². The monoisotopic (exact) mass is 155 g/mol. The molecular formula is C8H13NO2. The molecular weight excluding hydrogens is 142 g/mol. The lowest BCUT2D eigenvalue weighted by Gasteiger charge is -2.21. The fraction of sp³-hybridized carbons (Fsp3) is 0.625. The van der Waals surface area contributed by atoms with Crippen LogP contribution in [0.4, 0.5) is 0 Å². The van der Waals surface area contributed by atoms with Gasteiger partial charge in [0, 0.05) is 13.5 Å². The third-order valence-electron chi connectivity index (χ3n) is 1.58. The van der Waals surface area contributed by atoms with E-state index in [9.17, 15) is 4.79 Å². The van der Waals surface area contributed by atoms with Crippen molar-refractivity contribution in [1.29, 1.82) is 0 Å². The van der Waals surface area contributed by atoms with Gasteiger partial charge in [-0.2, -0.15) is 0 Å². The standard InChI is InChI=1S/C8H13NO2/c1-7(10)11-8-4-3-5-9(2)6-8/h4H,3,5-6H2,1-2H3. The summed E-state index contributed by atoms with van der Waals surface area (Å²) in [5.74, 6) is 0.554. The minimum Gasteiger partial charge on any atom is -0.430 e. The topological polar surface area (TPSA) is 29.5 Å². The van der Waals surface area contributed by atoms with Gasteiger partial charge in [0.25, 0.3) is 0 Å². The highest BCUT2D eigenvalue weighted by Gasteiger charge is 2.10. The molecule has 62 valence electrons. The largest absolute Gasteiger partial charge is 0.430 e. The smallest absolute Gasteiger partial charge is 0.307 e. The summed E-state index contributed by atoms with van der Waals surface area (Å²) in [7, 11) is 2.01. The van der Waals surface area contributed by atoms with E-state index in [2.05, 4.69) is 4.90 Å². The van der Waals surface area contributed by atoms with Crippen LogP contribution >= 0.6 is 0 Å². The second kappa shape index (κ2) is 3.53. The highest BCUT2D eigenvalue weighted by molar-refractivity contribution is 5.67. The Morgan fingerprint density at radius 2 is 2.45 bits per heavy atom. The Hall–Kier alpha value is -0.830. The maximum Gasteiger partial charge on any atom is 0.307 e. The zero-order valence-electron chi connectivity index (χ0n) is 6.96. The molecule has 1 aliphatic heterocycles. The van der Waals surface area contributed by atoms with E-state index in [0.29, 0.717) is 0 Å². The lowest BCUT2D eigenvalue weighted by molar-refractivity contribution is -0.137. The van der Waals surface area contributed by atoms with Crippen molar-refractivity contribution in [2.45, 2.75) is 13.3 Å². The molecule has 0 aliphatic carbocycles. The van der Waals surface area contributed by atoms with Gasteiger partial charge in [0.1, 0.15) is 5.76 Å². The predicted molar refractivity (Wildman–Crippen MR) is 42.0 cm³/mol. The molecule has 0 saturated carbocycles. The Bertz CT molecular complexity index is 187. The fourth-order valence-electron chi connectivity index (χ4n) is 1.11. The molecule has 3 heteroatoms. The molecule has 1 aliphatic rings. The van der Waals surface area contributed by atoms with Gasteiger partial charge < -0.3 is 4.74 Å². The van der Waals surface area contributed by atoms with Crippen LogP contribution in [0.25, 0.3) is 0 Å². The first-order valence-corrected chi connectivity index (χ1v) is 3.74. The first kappa shape index (κ1) is 8.27. The highest BCUT2D eigenvalue weighted by atomic mass is 16.5. The van der Waals surface area contributed by atoms with Crippen molar-refractivity contribution in [2.75, 3.05) is 20.1 Å². The van der Waals surface area contributed by atoms with E-state index >= 15 is 0 Å². The van der Waals surface area contributed by atoms with Gasteiger partial charge in [-0.25, -0.2) is 0 Å². The maximum absolute atomic E-state index is 10.5. The van der Waals surface area contributed by atoms with Crippen molar-refractivity contribution < 1.29 is 9.53 Å². The SMILES string of the molecule is CC(=O)OC1=CCCN(C)C1. The van der Waals surface area contributed by atoms with Crippen LogP contribution in [0.3, 0.4) is 0 Å². The molecule has 0 saturated heterocycles. The van der Waals surface area contributed by atoms with Crippen LogP contribution in [0.1, 0.15) is 13.3 Å². The van der Waals surface area contributed by atoms with Crippen molar-refractivity contribution in [3.05, 3.63) is 11.8 Å². The number of esters is 1. The second-order valence-electron chi connectivity index (χ2n) is 2.79. The fourth-order valence-corrected chi connectivity index (χ4v) is 1.11. The first-order valence-electron chi connectivity index (χ1n) is 3.74. The van der Waals surface area contributed by atoms with E-state index in [1.165, 1.54) is 6.92 Å². The van der Waals surface area contributed by atoms with Crippen LogP contribution < -0.4 is 0 Å². The number of hydrogen-bond donors (Lipinski definition) is 0. The quantitative estimate of drug-likeness (QED) is 0.524. The molecule has 0 aromatic heterocycles. The average Bonchev–Trinajstić information content (AvgIpc) is 1.85. The normalized spacial score (nSPS) is 19.3. The van der Waals surface area contributed by atoms with E-state index in [0.717, 1.165) is 25.3 Å². The molecule has 0 atom stereocenters. The van der Waals surface area contributed by atoms with Gasteiger partial charge in [-0.15, -0.1) is 0 Å². The van der Waals surface area contributed by atoms with E-state index in [1.807, 2.05) is 13.1 Å². The summed E-state index contributed by atoms with van der Waals surface area (Å²) < 4.78 is 4.94. The zero-order valence-corrected chi connectivity index (χ0v) is 6.96. The van der Waals surface area contributed by atoms with E-state index in [-0.39, 0.29) is 5.97 Å². The third kappa shape index (κ3) is 2.72. The van der Waals surface area contributed by atoms with Crippen LogP contribution in [-0.4, -0.2) is 31.0 Å². The van der Waals surface area contributed by atoms with E-state index in [4.69, 9.17) is 4.74 Å². The molecule has 0 aromatic carbocycles. The Kier molecular flexibility index (Phi) is 2.65. The summed E-state index contributed by atoms with van der Waals surface area (Å²) in [6.45, 7) is 3.22. The number of hydrogen-bond acceptors (Lipinski definition) is 3. The molecule has 0 N–H and O–H groups in total. The summed E-state index contributed by atoms with van der Waals surface area (Å²) in [4.78, 5) is 12.7. The number of likely N-dealkylation sites (N-methyl/N-ethyl adjacent to an activating group) is 1. The molecule has 3 nitrogen and oxygen atoms in total. The Morgan fingerprint density at radius 3 is 3.00 bits per heavy atom. The summed E-state index contributed by atoms with van der Waals surface area (Å²) >= 11 is 0. The van der Waals surface area contributed by atoms with Gasteiger partial charge in [-0.05, 0) is 19.5 Å².